The van der Waals surface area contributed by atoms with E-state index in [4.69, 9.17) is 31.2 Å². The highest BCUT2D eigenvalue weighted by Gasteiger charge is 2.19. The van der Waals surface area contributed by atoms with Gasteiger partial charge in [-0.3, -0.25) is 9.69 Å². The van der Waals surface area contributed by atoms with Crippen molar-refractivity contribution in [3.8, 4) is 22.8 Å². The van der Waals surface area contributed by atoms with Crippen LogP contribution in [0.4, 0.5) is 5.69 Å². The van der Waals surface area contributed by atoms with Crippen molar-refractivity contribution in [1.82, 2.24) is 14.3 Å². The van der Waals surface area contributed by atoms with Gasteiger partial charge >= 0.3 is 5.97 Å². The molecule has 1 N–H and O–H groups in total. The van der Waals surface area contributed by atoms with E-state index in [-0.39, 0.29) is 6.42 Å². The van der Waals surface area contributed by atoms with Crippen LogP contribution in [0.5, 0.6) is 11.5 Å². The lowest BCUT2D eigenvalue weighted by atomic mass is 10.1. The van der Waals surface area contributed by atoms with Crippen LogP contribution >= 0.6 is 11.6 Å². The molecular formula is C23H27ClN4O4. The number of ether oxygens (including phenoxy) is 2. The first kappa shape index (κ1) is 22.2. The zero-order valence-corrected chi connectivity index (χ0v) is 19.0. The Morgan fingerprint density at radius 2 is 1.88 bits per heavy atom. The molecule has 1 aliphatic heterocycles. The summed E-state index contributed by atoms with van der Waals surface area (Å²) in [5, 5.41) is 9.31. The number of piperazine rings is 1. The van der Waals surface area contributed by atoms with E-state index in [0.29, 0.717) is 22.9 Å². The van der Waals surface area contributed by atoms with Gasteiger partial charge in [-0.15, -0.1) is 0 Å². The topological polar surface area (TPSA) is 79.5 Å². The summed E-state index contributed by atoms with van der Waals surface area (Å²) in [7, 11) is 3.18. The molecule has 32 heavy (non-hydrogen) atoms. The highest BCUT2D eigenvalue weighted by Crippen LogP contribution is 2.38. The number of nitrogens with zero attached hydrogens (tertiary/aromatic N) is 4. The smallest absolute Gasteiger partial charge is 0.303 e. The minimum absolute atomic E-state index is 0.225. The molecule has 1 fully saturated rings. The van der Waals surface area contributed by atoms with E-state index < -0.39 is 5.97 Å². The number of carbonyl (C=O) groups is 1. The molecule has 0 amide bonds. The summed E-state index contributed by atoms with van der Waals surface area (Å²) >= 11 is 6.34. The molecule has 0 bridgehead atoms. The third-order valence-corrected chi connectivity index (χ3v) is 6.09. The van der Waals surface area contributed by atoms with E-state index in [9.17, 15) is 4.79 Å². The van der Waals surface area contributed by atoms with Crippen LogP contribution in [0.2, 0.25) is 5.02 Å². The van der Waals surface area contributed by atoms with Gasteiger partial charge in [0.15, 0.2) is 0 Å². The maximum atomic E-state index is 10.7. The van der Waals surface area contributed by atoms with E-state index in [0.717, 1.165) is 55.3 Å². The quantitative estimate of drug-likeness (QED) is 0.551. The predicted octanol–water partition coefficient (Wildman–Crippen LogP) is 3.66. The first-order valence-electron chi connectivity index (χ1n) is 10.6. The molecule has 0 saturated carbocycles. The Hall–Kier alpha value is -2.97. The number of aliphatic carboxylic acids is 1. The van der Waals surface area contributed by atoms with Gasteiger partial charge in [-0.05, 0) is 25.1 Å². The highest BCUT2D eigenvalue weighted by molar-refractivity contribution is 6.32. The molecular weight excluding hydrogens is 432 g/mol. The summed E-state index contributed by atoms with van der Waals surface area (Å²) in [5.41, 5.74) is 3.54. The molecule has 0 aliphatic carbocycles. The normalized spacial score (nSPS) is 14.7. The van der Waals surface area contributed by atoms with Crippen LogP contribution in [0.1, 0.15) is 12.8 Å². The summed E-state index contributed by atoms with van der Waals surface area (Å²) in [5.74, 6) is 0.472. The lowest BCUT2D eigenvalue weighted by Gasteiger charge is -2.36. The Bertz CT molecular complexity index is 1110. The van der Waals surface area contributed by atoms with Crippen LogP contribution in [0, 0.1) is 0 Å². The van der Waals surface area contributed by atoms with Gasteiger partial charge < -0.3 is 23.9 Å². The minimum atomic E-state index is -0.731. The average molecular weight is 459 g/mol. The molecule has 8 nitrogen and oxygen atoms in total. The fourth-order valence-corrected chi connectivity index (χ4v) is 4.28. The van der Waals surface area contributed by atoms with Crippen molar-refractivity contribution in [2.45, 2.75) is 12.8 Å². The number of methoxy groups -OCH3 is 2. The van der Waals surface area contributed by atoms with Crippen LogP contribution in [-0.4, -0.2) is 72.3 Å². The van der Waals surface area contributed by atoms with Crippen LogP contribution < -0.4 is 14.4 Å². The van der Waals surface area contributed by atoms with Crippen molar-refractivity contribution in [2.75, 3.05) is 51.8 Å². The van der Waals surface area contributed by atoms with Gasteiger partial charge in [-0.1, -0.05) is 11.6 Å². The standard InChI is InChI=1S/C23H27ClN4O4/c1-31-20-14-21(32-2)18(24)13-17(20)19-15-28-7-5-16(12-22(28)25-19)27-10-8-26(9-11-27)6-3-4-23(29)30/h5,7,12-15H,3-4,6,8-11H2,1-2H3,(H,29,30). The van der Waals surface area contributed by atoms with Gasteiger partial charge in [-0.25, -0.2) is 4.98 Å². The van der Waals surface area contributed by atoms with Crippen molar-refractivity contribution < 1.29 is 19.4 Å². The summed E-state index contributed by atoms with van der Waals surface area (Å²) in [6, 6.07) is 7.76. The number of hydrogen-bond donors (Lipinski definition) is 1. The Morgan fingerprint density at radius 1 is 1.12 bits per heavy atom. The van der Waals surface area contributed by atoms with Gasteiger partial charge in [0.25, 0.3) is 0 Å². The van der Waals surface area contributed by atoms with E-state index in [1.165, 1.54) is 0 Å². The van der Waals surface area contributed by atoms with Crippen molar-refractivity contribution in [1.29, 1.82) is 0 Å². The van der Waals surface area contributed by atoms with Crippen molar-refractivity contribution in [2.24, 2.45) is 0 Å². The summed E-state index contributed by atoms with van der Waals surface area (Å²) in [6.45, 7) is 4.48. The third-order valence-electron chi connectivity index (χ3n) is 5.80. The number of imidazole rings is 1. The van der Waals surface area contributed by atoms with Gasteiger partial charge in [0, 0.05) is 68.4 Å². The molecule has 4 rings (SSSR count). The van der Waals surface area contributed by atoms with Crippen LogP contribution in [0.15, 0.2) is 36.7 Å². The highest BCUT2D eigenvalue weighted by atomic mass is 35.5. The van der Waals surface area contributed by atoms with Gasteiger partial charge in [0.1, 0.15) is 17.1 Å². The Kier molecular flexibility index (Phi) is 6.72. The maximum Gasteiger partial charge on any atom is 0.303 e. The summed E-state index contributed by atoms with van der Waals surface area (Å²) < 4.78 is 12.8. The van der Waals surface area contributed by atoms with Gasteiger partial charge in [-0.2, -0.15) is 0 Å². The van der Waals surface area contributed by atoms with Crippen LogP contribution in [-0.2, 0) is 4.79 Å². The van der Waals surface area contributed by atoms with Crippen LogP contribution in [0.25, 0.3) is 16.9 Å². The third kappa shape index (κ3) is 4.76. The molecule has 0 spiro atoms. The second-order valence-corrected chi connectivity index (χ2v) is 8.20. The fourth-order valence-electron chi connectivity index (χ4n) is 4.04. The first-order chi connectivity index (χ1) is 15.5. The molecule has 9 heteroatoms. The van der Waals surface area contributed by atoms with Gasteiger partial charge in [0.2, 0.25) is 0 Å². The molecule has 1 aliphatic rings. The average Bonchev–Trinajstić information content (AvgIpc) is 3.22. The van der Waals surface area contributed by atoms with E-state index in [1.54, 1.807) is 20.3 Å². The van der Waals surface area contributed by atoms with E-state index in [2.05, 4.69) is 21.9 Å². The zero-order valence-electron chi connectivity index (χ0n) is 18.3. The lowest BCUT2D eigenvalue weighted by Crippen LogP contribution is -2.46. The van der Waals surface area contributed by atoms with E-state index in [1.807, 2.05) is 22.9 Å². The largest absolute Gasteiger partial charge is 0.496 e. The molecule has 3 aromatic rings. The van der Waals surface area contributed by atoms with Crippen molar-refractivity contribution >= 4 is 28.9 Å². The molecule has 2 aromatic heterocycles. The number of hydrogen-bond acceptors (Lipinski definition) is 6. The number of fused-ring (bicyclic) bond motifs is 1. The Labute approximate surface area is 191 Å². The van der Waals surface area contributed by atoms with Crippen molar-refractivity contribution in [3.63, 3.8) is 0 Å². The minimum Gasteiger partial charge on any atom is -0.496 e. The molecule has 170 valence electrons. The predicted molar refractivity (Wildman–Crippen MR) is 124 cm³/mol. The van der Waals surface area contributed by atoms with Crippen LogP contribution in [0.3, 0.4) is 0 Å². The monoisotopic (exact) mass is 458 g/mol. The molecule has 0 radical (unpaired) electrons. The van der Waals surface area contributed by atoms with Gasteiger partial charge in [0.05, 0.1) is 24.9 Å². The molecule has 1 saturated heterocycles. The Balaban J connectivity index is 1.50. The zero-order chi connectivity index (χ0) is 22.7. The fraction of sp³-hybridized carbons (Fsp3) is 0.391. The van der Waals surface area contributed by atoms with Crippen molar-refractivity contribution in [3.05, 3.63) is 41.7 Å². The summed E-state index contributed by atoms with van der Waals surface area (Å²) in [4.78, 5) is 20.2. The number of aromatic nitrogens is 2. The first-order valence-corrected chi connectivity index (χ1v) is 11.0. The second kappa shape index (κ2) is 9.67. The lowest BCUT2D eigenvalue weighted by molar-refractivity contribution is -0.137. The number of anilines is 1. The number of rotatable bonds is 8. The second-order valence-electron chi connectivity index (χ2n) is 7.79. The molecule has 0 atom stereocenters. The number of pyridine rings is 1. The Morgan fingerprint density at radius 3 is 2.56 bits per heavy atom. The number of carboxylic acids is 1. The summed E-state index contributed by atoms with van der Waals surface area (Å²) in [6.07, 6.45) is 4.89. The number of carboxylic acid groups (broad SMARTS) is 1. The van der Waals surface area contributed by atoms with E-state index >= 15 is 0 Å². The SMILES string of the molecule is COc1cc(OC)c(-c2cn3ccc(N4CCN(CCCC(=O)O)CC4)cc3n2)cc1Cl. The number of halogens is 1. The molecule has 1 aromatic carbocycles. The molecule has 3 heterocycles. The maximum absolute atomic E-state index is 10.7. The molecule has 0 unspecified atom stereocenters. The number of benzene rings is 1.